The van der Waals surface area contributed by atoms with E-state index in [2.05, 4.69) is 4.98 Å². The van der Waals surface area contributed by atoms with Crippen molar-refractivity contribution < 1.29 is 14.8 Å². The summed E-state index contributed by atoms with van der Waals surface area (Å²) in [6.45, 7) is 0.691. The molecule has 2 N–H and O–H groups in total. The van der Waals surface area contributed by atoms with Gasteiger partial charge in [-0.3, -0.25) is 19.8 Å². The van der Waals surface area contributed by atoms with E-state index in [1.54, 1.807) is 30.0 Å². The summed E-state index contributed by atoms with van der Waals surface area (Å²) in [7, 11) is 0. The average Bonchev–Trinajstić information content (AvgIpc) is 2.97. The van der Waals surface area contributed by atoms with Crippen LogP contribution in [0.3, 0.4) is 0 Å². The van der Waals surface area contributed by atoms with Gasteiger partial charge in [0.15, 0.2) is 0 Å². The van der Waals surface area contributed by atoms with Crippen LogP contribution in [-0.4, -0.2) is 28.6 Å². The molecule has 0 bridgehead atoms. The molecule has 6 heteroatoms. The number of pyridine rings is 1. The van der Waals surface area contributed by atoms with Gasteiger partial charge in [0.2, 0.25) is 5.91 Å². The number of amides is 2. The van der Waals surface area contributed by atoms with Crippen molar-refractivity contribution in [2.45, 2.75) is 25.7 Å². The van der Waals surface area contributed by atoms with Gasteiger partial charge in [-0.25, -0.2) is 5.48 Å². The molecule has 1 spiro atoms. The number of carbonyl (C=O) groups is 2. The van der Waals surface area contributed by atoms with Crippen LogP contribution in [0, 0.1) is 5.41 Å². The number of aromatic nitrogens is 1. The third-order valence-corrected chi connectivity index (χ3v) is 5.44. The van der Waals surface area contributed by atoms with Gasteiger partial charge in [-0.2, -0.15) is 0 Å². The molecule has 0 radical (unpaired) electrons. The van der Waals surface area contributed by atoms with Gasteiger partial charge in [0.25, 0.3) is 5.91 Å². The Morgan fingerprint density at radius 1 is 1.24 bits per heavy atom. The summed E-state index contributed by atoms with van der Waals surface area (Å²) in [5, 5.41) is 8.83. The smallest absolute Gasteiger partial charge is 0.274 e. The second kappa shape index (κ2) is 5.97. The van der Waals surface area contributed by atoms with Gasteiger partial charge in [0.1, 0.15) is 0 Å². The molecule has 1 saturated heterocycles. The molecule has 2 aromatic rings. The van der Waals surface area contributed by atoms with E-state index in [4.69, 9.17) is 5.21 Å². The predicted molar refractivity (Wildman–Crippen MR) is 91.4 cm³/mol. The van der Waals surface area contributed by atoms with Crippen molar-refractivity contribution in [2.24, 2.45) is 5.41 Å². The summed E-state index contributed by atoms with van der Waals surface area (Å²) in [6.07, 6.45) is 6.49. The summed E-state index contributed by atoms with van der Waals surface area (Å²) in [6, 6.07) is 9.17. The van der Waals surface area contributed by atoms with Gasteiger partial charge in [-0.1, -0.05) is 6.07 Å². The zero-order valence-corrected chi connectivity index (χ0v) is 13.7. The molecule has 2 heterocycles. The zero-order chi connectivity index (χ0) is 17.4. The minimum atomic E-state index is -0.530. The Hall–Kier alpha value is -2.73. The van der Waals surface area contributed by atoms with Crippen molar-refractivity contribution in [3.8, 4) is 0 Å². The van der Waals surface area contributed by atoms with Crippen LogP contribution in [-0.2, 0) is 17.6 Å². The molecule has 1 aliphatic heterocycles. The minimum absolute atomic E-state index is 0.142. The predicted octanol–water partition coefficient (Wildman–Crippen LogP) is 2.11. The molecule has 6 nitrogen and oxygen atoms in total. The number of anilines is 1. The first-order chi connectivity index (χ1) is 12.1. The van der Waals surface area contributed by atoms with Crippen molar-refractivity contribution in [1.82, 2.24) is 10.5 Å². The molecule has 128 valence electrons. The minimum Gasteiger partial charge on any atom is -0.310 e. The number of benzene rings is 1. The zero-order valence-electron chi connectivity index (χ0n) is 13.7. The Morgan fingerprint density at radius 3 is 2.88 bits per heavy atom. The molecule has 25 heavy (non-hydrogen) atoms. The number of hydrogen-bond acceptors (Lipinski definition) is 4. The van der Waals surface area contributed by atoms with Crippen molar-refractivity contribution in [3.05, 3.63) is 59.4 Å². The lowest BCUT2D eigenvalue weighted by Crippen LogP contribution is -2.39. The number of hydroxylamine groups is 1. The van der Waals surface area contributed by atoms with E-state index < -0.39 is 11.3 Å². The molecule has 0 unspecified atom stereocenters. The number of hydrogen-bond donors (Lipinski definition) is 2. The van der Waals surface area contributed by atoms with E-state index in [-0.39, 0.29) is 5.91 Å². The van der Waals surface area contributed by atoms with Gasteiger partial charge in [0, 0.05) is 18.3 Å². The van der Waals surface area contributed by atoms with Crippen molar-refractivity contribution in [1.29, 1.82) is 0 Å². The van der Waals surface area contributed by atoms with Crippen molar-refractivity contribution in [2.75, 3.05) is 11.4 Å². The quantitative estimate of drug-likeness (QED) is 0.649. The van der Waals surface area contributed by atoms with E-state index in [1.165, 1.54) is 5.56 Å². The number of nitrogens with zero attached hydrogens (tertiary/aromatic N) is 2. The maximum atomic E-state index is 13.1. The SMILES string of the molecule is O=C(NO)c1ccc2c(c1)C[C@]1(CC2)CCN(c2cccnc2)C1=O. The maximum Gasteiger partial charge on any atom is 0.274 e. The molecular weight excluding hydrogens is 318 g/mol. The van der Waals surface area contributed by atoms with Crippen LogP contribution in [0.25, 0.3) is 0 Å². The van der Waals surface area contributed by atoms with Gasteiger partial charge in [0.05, 0.1) is 17.3 Å². The lowest BCUT2D eigenvalue weighted by atomic mass is 9.70. The summed E-state index contributed by atoms with van der Waals surface area (Å²) in [4.78, 5) is 30.7. The highest BCUT2D eigenvalue weighted by Crippen LogP contribution is 2.45. The van der Waals surface area contributed by atoms with E-state index in [0.717, 1.165) is 30.5 Å². The second-order valence-electron chi connectivity index (χ2n) is 6.80. The monoisotopic (exact) mass is 337 g/mol. The molecule has 1 aromatic carbocycles. The van der Waals surface area contributed by atoms with Crippen LogP contribution in [0.4, 0.5) is 5.69 Å². The summed E-state index contributed by atoms with van der Waals surface area (Å²) >= 11 is 0. The van der Waals surface area contributed by atoms with Crippen LogP contribution in [0.5, 0.6) is 0 Å². The second-order valence-corrected chi connectivity index (χ2v) is 6.80. The Kier molecular flexibility index (Phi) is 3.77. The topological polar surface area (TPSA) is 82.5 Å². The molecule has 1 fully saturated rings. The molecule has 1 atom stereocenters. The lowest BCUT2D eigenvalue weighted by Gasteiger charge is -2.33. The lowest BCUT2D eigenvalue weighted by molar-refractivity contribution is -0.126. The number of fused-ring (bicyclic) bond motifs is 1. The third kappa shape index (κ3) is 2.59. The molecule has 0 saturated carbocycles. The van der Waals surface area contributed by atoms with E-state index in [1.807, 2.05) is 23.1 Å². The summed E-state index contributed by atoms with van der Waals surface area (Å²) in [5.74, 6) is -0.389. The molecular formula is C19H19N3O3. The number of carbonyl (C=O) groups excluding carboxylic acids is 2. The van der Waals surface area contributed by atoms with Crippen molar-refractivity contribution >= 4 is 17.5 Å². The molecule has 1 aliphatic carbocycles. The van der Waals surface area contributed by atoms with Crippen molar-refractivity contribution in [3.63, 3.8) is 0 Å². The van der Waals surface area contributed by atoms with E-state index in [9.17, 15) is 9.59 Å². The number of nitrogens with one attached hydrogen (secondary N) is 1. The first kappa shape index (κ1) is 15.8. The summed E-state index contributed by atoms with van der Waals surface area (Å²) in [5.41, 5.74) is 4.70. The Bertz CT molecular complexity index is 837. The largest absolute Gasteiger partial charge is 0.310 e. The highest BCUT2D eigenvalue weighted by Gasteiger charge is 2.48. The van der Waals surface area contributed by atoms with Crippen LogP contribution < -0.4 is 10.4 Å². The van der Waals surface area contributed by atoms with E-state index >= 15 is 0 Å². The molecule has 2 aliphatic rings. The third-order valence-electron chi connectivity index (χ3n) is 5.44. The fraction of sp³-hybridized carbons (Fsp3) is 0.316. The van der Waals surface area contributed by atoms with Crippen LogP contribution in [0.1, 0.15) is 34.3 Å². The average molecular weight is 337 g/mol. The molecule has 4 rings (SSSR count). The van der Waals surface area contributed by atoms with Crippen LogP contribution >= 0.6 is 0 Å². The van der Waals surface area contributed by atoms with Crippen LogP contribution in [0.2, 0.25) is 0 Å². The van der Waals surface area contributed by atoms with E-state index in [0.29, 0.717) is 18.5 Å². The first-order valence-corrected chi connectivity index (χ1v) is 8.41. The van der Waals surface area contributed by atoms with Gasteiger partial charge in [-0.05, 0) is 61.1 Å². The Balaban J connectivity index is 1.63. The van der Waals surface area contributed by atoms with Gasteiger partial charge >= 0.3 is 0 Å². The molecule has 1 aromatic heterocycles. The number of aryl methyl sites for hydroxylation is 1. The first-order valence-electron chi connectivity index (χ1n) is 8.41. The fourth-order valence-electron chi connectivity index (χ4n) is 4.04. The standard InChI is InChI=1S/C19H19N3O3/c23-17(21-25)14-4-3-13-5-6-19(11-15(13)10-14)7-9-22(18(19)24)16-2-1-8-20-12-16/h1-4,8,10,12,25H,5-7,9,11H2,(H,21,23)/t19-/m0/s1. The van der Waals surface area contributed by atoms with Gasteiger partial charge < -0.3 is 4.90 Å². The van der Waals surface area contributed by atoms with Crippen LogP contribution in [0.15, 0.2) is 42.7 Å². The van der Waals surface area contributed by atoms with Gasteiger partial charge in [-0.15, -0.1) is 0 Å². The highest BCUT2D eigenvalue weighted by molar-refractivity contribution is 6.00. The molecule has 2 amide bonds. The fourth-order valence-corrected chi connectivity index (χ4v) is 4.04. The number of rotatable bonds is 2. The summed E-state index contributed by atoms with van der Waals surface area (Å²) < 4.78 is 0. The highest BCUT2D eigenvalue weighted by atomic mass is 16.5. The normalized spacial score (nSPS) is 22.1. The Labute approximate surface area is 145 Å². The maximum absolute atomic E-state index is 13.1. The Morgan fingerprint density at radius 2 is 2.12 bits per heavy atom.